The number of hydrogen-bond acceptors (Lipinski definition) is 5. The fourth-order valence-electron chi connectivity index (χ4n) is 2.52. The van der Waals surface area contributed by atoms with Crippen molar-refractivity contribution in [1.82, 2.24) is 9.97 Å². The van der Waals surface area contributed by atoms with Crippen LogP contribution in [0.1, 0.15) is 25.7 Å². The first kappa shape index (κ1) is 15.7. The van der Waals surface area contributed by atoms with E-state index in [0.717, 1.165) is 12.8 Å². The van der Waals surface area contributed by atoms with Gasteiger partial charge in [-0.2, -0.15) is 0 Å². The van der Waals surface area contributed by atoms with E-state index in [2.05, 4.69) is 20.6 Å². The van der Waals surface area contributed by atoms with E-state index in [0.29, 0.717) is 35.9 Å². The molecule has 2 N–H and O–H groups in total. The van der Waals surface area contributed by atoms with E-state index < -0.39 is 5.82 Å². The molecule has 0 spiro atoms. The number of ketones is 1. The van der Waals surface area contributed by atoms with Crippen LogP contribution in [0.25, 0.3) is 0 Å². The molecule has 0 saturated heterocycles. The van der Waals surface area contributed by atoms with E-state index in [1.54, 1.807) is 12.1 Å². The number of hydrogen-bond donors (Lipinski definition) is 2. The second-order valence-electron chi connectivity index (χ2n) is 5.50. The van der Waals surface area contributed by atoms with Crippen molar-refractivity contribution in [3.63, 3.8) is 0 Å². The van der Waals surface area contributed by atoms with Gasteiger partial charge in [0.2, 0.25) is 0 Å². The highest BCUT2D eigenvalue weighted by molar-refractivity contribution is 6.31. The first-order chi connectivity index (χ1) is 11.1. The molecule has 0 atom stereocenters. The van der Waals surface area contributed by atoms with E-state index in [4.69, 9.17) is 11.6 Å². The Morgan fingerprint density at radius 3 is 2.61 bits per heavy atom. The minimum Gasteiger partial charge on any atom is -0.367 e. The van der Waals surface area contributed by atoms with Crippen molar-refractivity contribution in [2.75, 3.05) is 10.6 Å². The molecule has 7 heteroatoms. The minimum absolute atomic E-state index is 0.0503. The van der Waals surface area contributed by atoms with Gasteiger partial charge in [-0.15, -0.1) is 0 Å². The number of aromatic nitrogens is 2. The average Bonchev–Trinajstić information content (AvgIpc) is 2.54. The van der Waals surface area contributed by atoms with Crippen molar-refractivity contribution in [3.05, 3.63) is 41.4 Å². The molecule has 1 aliphatic carbocycles. The molecule has 0 radical (unpaired) electrons. The Labute approximate surface area is 138 Å². The first-order valence-electron chi connectivity index (χ1n) is 7.42. The van der Waals surface area contributed by atoms with Gasteiger partial charge in [0.15, 0.2) is 0 Å². The van der Waals surface area contributed by atoms with Crippen molar-refractivity contribution in [3.8, 4) is 0 Å². The summed E-state index contributed by atoms with van der Waals surface area (Å²) in [5.41, 5.74) is 0.643. The summed E-state index contributed by atoms with van der Waals surface area (Å²) in [4.78, 5) is 19.6. The van der Waals surface area contributed by atoms with Crippen LogP contribution in [0.3, 0.4) is 0 Å². The molecule has 0 aliphatic heterocycles. The molecule has 3 rings (SSSR count). The standard InChI is InChI=1S/C16H16ClFN4O/c17-13-7-11(3-6-14(13)18)22-16-8-15(19-9-20-16)21-10-1-4-12(23)5-2-10/h3,6-10H,1-2,4-5H2,(H2,19,20,21,22). The Balaban J connectivity index is 1.67. The molecule has 0 unspecified atom stereocenters. The van der Waals surface area contributed by atoms with Crippen molar-refractivity contribution >= 4 is 34.7 Å². The Kier molecular flexibility index (Phi) is 4.71. The lowest BCUT2D eigenvalue weighted by atomic mass is 9.94. The molecule has 1 fully saturated rings. The van der Waals surface area contributed by atoms with E-state index >= 15 is 0 Å². The Bertz CT molecular complexity index is 715. The van der Waals surface area contributed by atoms with Crippen molar-refractivity contribution < 1.29 is 9.18 Å². The number of benzene rings is 1. The second kappa shape index (κ2) is 6.91. The van der Waals surface area contributed by atoms with Crippen LogP contribution >= 0.6 is 11.6 Å². The smallest absolute Gasteiger partial charge is 0.141 e. The van der Waals surface area contributed by atoms with Gasteiger partial charge >= 0.3 is 0 Å². The summed E-state index contributed by atoms with van der Waals surface area (Å²) in [6.45, 7) is 0. The number of rotatable bonds is 4. The summed E-state index contributed by atoms with van der Waals surface area (Å²) in [7, 11) is 0. The molecule has 120 valence electrons. The van der Waals surface area contributed by atoms with E-state index in [9.17, 15) is 9.18 Å². The van der Waals surface area contributed by atoms with Crippen LogP contribution in [0.5, 0.6) is 0 Å². The molecule has 1 aromatic carbocycles. The Morgan fingerprint density at radius 2 is 1.87 bits per heavy atom. The van der Waals surface area contributed by atoms with E-state index in [1.807, 2.05) is 0 Å². The molecular weight excluding hydrogens is 319 g/mol. The zero-order valence-electron chi connectivity index (χ0n) is 12.4. The first-order valence-corrected chi connectivity index (χ1v) is 7.80. The lowest BCUT2D eigenvalue weighted by Crippen LogP contribution is -2.26. The number of carbonyl (C=O) groups excluding carboxylic acids is 1. The molecule has 1 heterocycles. The van der Waals surface area contributed by atoms with Gasteiger partial charge < -0.3 is 10.6 Å². The van der Waals surface area contributed by atoms with Crippen molar-refractivity contribution in [2.24, 2.45) is 0 Å². The molecule has 0 amide bonds. The summed E-state index contributed by atoms with van der Waals surface area (Å²) >= 11 is 5.76. The molecular formula is C16H16ClFN4O. The summed E-state index contributed by atoms with van der Waals surface area (Å²) in [6, 6.07) is 6.40. The molecule has 2 aromatic rings. The zero-order valence-corrected chi connectivity index (χ0v) is 13.1. The summed E-state index contributed by atoms with van der Waals surface area (Å²) in [5, 5.41) is 6.43. The third-order valence-electron chi connectivity index (χ3n) is 3.75. The topological polar surface area (TPSA) is 66.9 Å². The van der Waals surface area contributed by atoms with Gasteiger partial charge in [0, 0.05) is 30.6 Å². The number of Topliss-reactive ketones (excluding diaryl/α,β-unsaturated/α-hetero) is 1. The third-order valence-corrected chi connectivity index (χ3v) is 4.04. The quantitative estimate of drug-likeness (QED) is 0.886. The van der Waals surface area contributed by atoms with Crippen LogP contribution in [0.4, 0.5) is 21.7 Å². The van der Waals surface area contributed by atoms with Gasteiger partial charge in [0.25, 0.3) is 0 Å². The highest BCUT2D eigenvalue weighted by Gasteiger charge is 2.18. The van der Waals surface area contributed by atoms with E-state index in [1.165, 1.54) is 18.5 Å². The van der Waals surface area contributed by atoms with Crippen LogP contribution < -0.4 is 10.6 Å². The molecule has 1 aromatic heterocycles. The highest BCUT2D eigenvalue weighted by Crippen LogP contribution is 2.23. The fourth-order valence-corrected chi connectivity index (χ4v) is 2.70. The third kappa shape index (κ3) is 4.16. The van der Waals surface area contributed by atoms with E-state index in [-0.39, 0.29) is 11.1 Å². The number of carbonyl (C=O) groups is 1. The van der Waals surface area contributed by atoms with Crippen LogP contribution in [0, 0.1) is 5.82 Å². The van der Waals surface area contributed by atoms with Gasteiger partial charge in [0.05, 0.1) is 5.02 Å². The molecule has 23 heavy (non-hydrogen) atoms. The number of nitrogens with one attached hydrogen (secondary N) is 2. The largest absolute Gasteiger partial charge is 0.367 e. The maximum absolute atomic E-state index is 13.2. The summed E-state index contributed by atoms with van der Waals surface area (Å²) < 4.78 is 13.2. The highest BCUT2D eigenvalue weighted by atomic mass is 35.5. The minimum atomic E-state index is -0.464. The predicted molar refractivity (Wildman–Crippen MR) is 87.6 cm³/mol. The molecule has 0 bridgehead atoms. The number of nitrogens with zero attached hydrogens (tertiary/aromatic N) is 2. The zero-order chi connectivity index (χ0) is 16.2. The molecule has 1 saturated carbocycles. The SMILES string of the molecule is O=C1CCC(Nc2cc(Nc3ccc(F)c(Cl)c3)ncn2)CC1. The van der Waals surface area contributed by atoms with Crippen LogP contribution in [-0.2, 0) is 4.79 Å². The van der Waals surface area contributed by atoms with Gasteiger partial charge in [0.1, 0.15) is 29.6 Å². The summed E-state index contributed by atoms with van der Waals surface area (Å²) in [6.07, 6.45) is 4.31. The maximum Gasteiger partial charge on any atom is 0.141 e. The normalized spacial score (nSPS) is 15.5. The second-order valence-corrected chi connectivity index (χ2v) is 5.91. The monoisotopic (exact) mass is 334 g/mol. The Morgan fingerprint density at radius 1 is 1.13 bits per heavy atom. The van der Waals surface area contributed by atoms with Crippen LogP contribution in [0.2, 0.25) is 5.02 Å². The van der Waals surface area contributed by atoms with Gasteiger partial charge in [-0.05, 0) is 31.0 Å². The summed E-state index contributed by atoms with van der Waals surface area (Å²) in [5.74, 6) is 1.13. The molecule has 5 nitrogen and oxygen atoms in total. The number of halogens is 2. The van der Waals surface area contributed by atoms with Gasteiger partial charge in [-0.1, -0.05) is 11.6 Å². The van der Waals surface area contributed by atoms with Gasteiger partial charge in [-0.25, -0.2) is 14.4 Å². The van der Waals surface area contributed by atoms with Gasteiger partial charge in [-0.3, -0.25) is 4.79 Å². The average molecular weight is 335 g/mol. The van der Waals surface area contributed by atoms with Crippen molar-refractivity contribution in [1.29, 1.82) is 0 Å². The lowest BCUT2D eigenvalue weighted by molar-refractivity contribution is -0.120. The predicted octanol–water partition coefficient (Wildman–Crippen LogP) is 3.94. The Hall–Kier alpha value is -2.21. The maximum atomic E-state index is 13.2. The fraction of sp³-hybridized carbons (Fsp3) is 0.312. The molecule has 1 aliphatic rings. The lowest BCUT2D eigenvalue weighted by Gasteiger charge is -2.22. The number of anilines is 3. The van der Waals surface area contributed by atoms with Crippen molar-refractivity contribution in [2.45, 2.75) is 31.7 Å². The van der Waals surface area contributed by atoms with Crippen LogP contribution in [-0.4, -0.2) is 21.8 Å². The van der Waals surface area contributed by atoms with Crippen LogP contribution in [0.15, 0.2) is 30.6 Å².